The van der Waals surface area contributed by atoms with E-state index >= 15 is 0 Å². The Morgan fingerprint density at radius 2 is 1.95 bits per heavy atom. The van der Waals surface area contributed by atoms with Crippen LogP contribution in [0.3, 0.4) is 0 Å². The molecular weight excluding hydrogens is 393 g/mol. The molecule has 0 heterocycles. The number of anilines is 1. The lowest BCUT2D eigenvalue weighted by Crippen LogP contribution is -2.00. The third-order valence-electron chi connectivity index (χ3n) is 2.63. The van der Waals surface area contributed by atoms with Crippen LogP contribution in [0.5, 0.6) is 5.75 Å². The van der Waals surface area contributed by atoms with E-state index in [0.29, 0.717) is 11.6 Å². The van der Waals surface area contributed by atoms with Gasteiger partial charge < -0.3 is 10.1 Å². The first kappa shape index (κ1) is 14.7. The van der Waals surface area contributed by atoms with E-state index in [2.05, 4.69) is 37.2 Å². The SMILES string of the molecule is COc1ccc(CNc2ccc(Br)cc2Cl)cc1Br. The molecule has 0 bridgehead atoms. The first-order valence-corrected chi connectivity index (χ1v) is 7.58. The first-order chi connectivity index (χ1) is 9.10. The molecule has 0 saturated heterocycles. The molecular formula is C14H12Br2ClNO. The van der Waals surface area contributed by atoms with Crippen LogP contribution in [0.15, 0.2) is 45.3 Å². The van der Waals surface area contributed by atoms with Crippen molar-refractivity contribution in [2.75, 3.05) is 12.4 Å². The van der Waals surface area contributed by atoms with Crippen molar-refractivity contribution in [1.82, 2.24) is 0 Å². The fourth-order valence-electron chi connectivity index (χ4n) is 1.65. The van der Waals surface area contributed by atoms with Crippen molar-refractivity contribution in [3.8, 4) is 5.75 Å². The predicted molar refractivity (Wildman–Crippen MR) is 87.2 cm³/mol. The van der Waals surface area contributed by atoms with Crippen molar-refractivity contribution in [3.63, 3.8) is 0 Å². The molecule has 0 amide bonds. The Morgan fingerprint density at radius 1 is 1.16 bits per heavy atom. The average molecular weight is 406 g/mol. The summed E-state index contributed by atoms with van der Waals surface area (Å²) in [6.07, 6.45) is 0. The highest BCUT2D eigenvalue weighted by Crippen LogP contribution is 2.28. The van der Waals surface area contributed by atoms with Crippen LogP contribution < -0.4 is 10.1 Å². The molecule has 0 aliphatic carbocycles. The number of rotatable bonds is 4. The Balaban J connectivity index is 2.08. The second-order valence-corrected chi connectivity index (χ2v) is 6.12. The molecule has 2 rings (SSSR count). The van der Waals surface area contributed by atoms with E-state index in [0.717, 1.165) is 25.9 Å². The van der Waals surface area contributed by atoms with Gasteiger partial charge in [0.25, 0.3) is 0 Å². The summed E-state index contributed by atoms with van der Waals surface area (Å²) in [5, 5.41) is 4.00. The van der Waals surface area contributed by atoms with Gasteiger partial charge in [-0.2, -0.15) is 0 Å². The summed E-state index contributed by atoms with van der Waals surface area (Å²) in [6, 6.07) is 11.8. The highest BCUT2D eigenvalue weighted by atomic mass is 79.9. The Hall–Kier alpha value is -0.710. The van der Waals surface area contributed by atoms with Gasteiger partial charge in [-0.15, -0.1) is 0 Å². The van der Waals surface area contributed by atoms with Gasteiger partial charge in [-0.05, 0) is 51.8 Å². The molecule has 1 N–H and O–H groups in total. The highest BCUT2D eigenvalue weighted by Gasteiger charge is 2.03. The molecule has 0 aliphatic rings. The van der Waals surface area contributed by atoms with Gasteiger partial charge >= 0.3 is 0 Å². The van der Waals surface area contributed by atoms with E-state index in [4.69, 9.17) is 16.3 Å². The topological polar surface area (TPSA) is 21.3 Å². The quantitative estimate of drug-likeness (QED) is 0.727. The molecule has 0 atom stereocenters. The molecule has 0 aromatic heterocycles. The maximum absolute atomic E-state index is 6.15. The van der Waals surface area contributed by atoms with Crippen LogP contribution in [0.25, 0.3) is 0 Å². The second kappa shape index (κ2) is 6.64. The summed E-state index contributed by atoms with van der Waals surface area (Å²) in [5.41, 5.74) is 2.06. The molecule has 5 heteroatoms. The minimum absolute atomic E-state index is 0.696. The van der Waals surface area contributed by atoms with Crippen LogP contribution in [-0.2, 0) is 6.54 Å². The average Bonchev–Trinajstić information content (AvgIpc) is 2.38. The lowest BCUT2D eigenvalue weighted by molar-refractivity contribution is 0.412. The van der Waals surface area contributed by atoms with Crippen LogP contribution in [-0.4, -0.2) is 7.11 Å². The molecule has 19 heavy (non-hydrogen) atoms. The number of nitrogens with one attached hydrogen (secondary N) is 1. The molecule has 0 radical (unpaired) electrons. The van der Waals surface area contributed by atoms with Gasteiger partial charge in [0.2, 0.25) is 0 Å². The molecule has 2 aromatic carbocycles. The van der Waals surface area contributed by atoms with E-state index in [1.54, 1.807) is 7.11 Å². The van der Waals surface area contributed by atoms with Gasteiger partial charge in [0.05, 0.1) is 22.3 Å². The Labute approximate surface area is 134 Å². The zero-order valence-corrected chi connectivity index (χ0v) is 14.1. The fraction of sp³-hybridized carbons (Fsp3) is 0.143. The molecule has 0 saturated carbocycles. The van der Waals surface area contributed by atoms with E-state index in [9.17, 15) is 0 Å². The molecule has 0 spiro atoms. The largest absolute Gasteiger partial charge is 0.496 e. The zero-order chi connectivity index (χ0) is 13.8. The number of hydrogen-bond donors (Lipinski definition) is 1. The molecule has 100 valence electrons. The van der Waals surface area contributed by atoms with Crippen molar-refractivity contribution >= 4 is 49.1 Å². The van der Waals surface area contributed by atoms with Gasteiger partial charge in [-0.1, -0.05) is 33.6 Å². The number of hydrogen-bond acceptors (Lipinski definition) is 2. The fourth-order valence-corrected chi connectivity index (χ4v) is 2.98. The molecule has 0 unspecified atom stereocenters. The van der Waals surface area contributed by atoms with E-state index in [1.807, 2.05) is 36.4 Å². The summed E-state index contributed by atoms with van der Waals surface area (Å²) in [4.78, 5) is 0. The lowest BCUT2D eigenvalue weighted by atomic mass is 10.2. The third kappa shape index (κ3) is 3.88. The van der Waals surface area contributed by atoms with Gasteiger partial charge in [0, 0.05) is 11.0 Å². The predicted octanol–water partition coefficient (Wildman–Crippen LogP) is 5.49. The van der Waals surface area contributed by atoms with Crippen molar-refractivity contribution in [1.29, 1.82) is 0 Å². The summed E-state index contributed by atoms with van der Waals surface area (Å²) in [5.74, 6) is 0.824. The zero-order valence-electron chi connectivity index (χ0n) is 10.2. The van der Waals surface area contributed by atoms with E-state index in [1.165, 1.54) is 0 Å². The van der Waals surface area contributed by atoms with Gasteiger partial charge in [0.1, 0.15) is 5.75 Å². The summed E-state index contributed by atoms with van der Waals surface area (Å²) < 4.78 is 7.11. The lowest BCUT2D eigenvalue weighted by Gasteiger charge is -2.10. The molecule has 0 aliphatic heterocycles. The molecule has 2 nitrogen and oxygen atoms in total. The summed E-state index contributed by atoms with van der Waals surface area (Å²) >= 11 is 13.0. The van der Waals surface area contributed by atoms with Gasteiger partial charge in [-0.25, -0.2) is 0 Å². The van der Waals surface area contributed by atoms with Crippen LogP contribution in [0.2, 0.25) is 5.02 Å². The van der Waals surface area contributed by atoms with Crippen LogP contribution in [0.4, 0.5) is 5.69 Å². The highest BCUT2D eigenvalue weighted by molar-refractivity contribution is 9.10. The minimum atomic E-state index is 0.696. The summed E-state index contributed by atoms with van der Waals surface area (Å²) in [6.45, 7) is 0.698. The van der Waals surface area contributed by atoms with Crippen LogP contribution in [0, 0.1) is 0 Å². The molecule has 0 fully saturated rings. The third-order valence-corrected chi connectivity index (χ3v) is 4.06. The Morgan fingerprint density at radius 3 is 2.58 bits per heavy atom. The van der Waals surface area contributed by atoms with Crippen molar-refractivity contribution in [3.05, 3.63) is 55.9 Å². The van der Waals surface area contributed by atoms with Crippen LogP contribution >= 0.6 is 43.5 Å². The van der Waals surface area contributed by atoms with E-state index < -0.39 is 0 Å². The molecule has 2 aromatic rings. The van der Waals surface area contributed by atoms with Crippen molar-refractivity contribution in [2.45, 2.75) is 6.54 Å². The number of halogens is 3. The minimum Gasteiger partial charge on any atom is -0.496 e. The Kier molecular flexibility index (Phi) is 5.13. The first-order valence-electron chi connectivity index (χ1n) is 5.61. The number of ether oxygens (including phenoxy) is 1. The van der Waals surface area contributed by atoms with E-state index in [-0.39, 0.29) is 0 Å². The second-order valence-electron chi connectivity index (χ2n) is 3.95. The van der Waals surface area contributed by atoms with Crippen LogP contribution in [0.1, 0.15) is 5.56 Å². The van der Waals surface area contributed by atoms with Crippen molar-refractivity contribution in [2.24, 2.45) is 0 Å². The van der Waals surface area contributed by atoms with Gasteiger partial charge in [-0.3, -0.25) is 0 Å². The normalized spacial score (nSPS) is 10.3. The Bertz CT molecular complexity index is 590. The van der Waals surface area contributed by atoms with Gasteiger partial charge in [0.15, 0.2) is 0 Å². The summed E-state index contributed by atoms with van der Waals surface area (Å²) in [7, 11) is 1.65. The standard InChI is InChI=1S/C14H12Br2ClNO/c1-19-14-5-2-9(6-11(14)16)8-18-13-4-3-10(15)7-12(13)17/h2-7,18H,8H2,1H3. The number of benzene rings is 2. The maximum atomic E-state index is 6.15. The monoisotopic (exact) mass is 403 g/mol. The van der Waals surface area contributed by atoms with Crippen molar-refractivity contribution < 1.29 is 4.74 Å². The maximum Gasteiger partial charge on any atom is 0.133 e. The smallest absolute Gasteiger partial charge is 0.133 e. The number of methoxy groups -OCH3 is 1.